The molecule has 0 unspecified atom stereocenters. The van der Waals surface area contributed by atoms with E-state index in [1.54, 1.807) is 12.1 Å². The second-order valence-corrected chi connectivity index (χ2v) is 6.13. The van der Waals surface area contributed by atoms with E-state index >= 15 is 0 Å². The lowest BCUT2D eigenvalue weighted by Gasteiger charge is -2.33. The van der Waals surface area contributed by atoms with Gasteiger partial charge in [0.25, 0.3) is 11.8 Å². The zero-order valence-corrected chi connectivity index (χ0v) is 13.0. The van der Waals surface area contributed by atoms with Crippen LogP contribution in [0.3, 0.4) is 0 Å². The minimum absolute atomic E-state index is 0.109. The van der Waals surface area contributed by atoms with Crippen LogP contribution in [-0.2, 0) is 9.53 Å². The highest BCUT2D eigenvalue weighted by molar-refractivity contribution is 5.97. The van der Waals surface area contributed by atoms with Gasteiger partial charge in [0.1, 0.15) is 11.9 Å². The van der Waals surface area contributed by atoms with Gasteiger partial charge in [-0.3, -0.25) is 9.59 Å². The van der Waals surface area contributed by atoms with Gasteiger partial charge in [0.2, 0.25) is 0 Å². The average Bonchev–Trinajstić information content (AvgIpc) is 3.08. The first-order valence-electron chi connectivity index (χ1n) is 8.03. The van der Waals surface area contributed by atoms with Crippen molar-refractivity contribution >= 4 is 17.6 Å². The number of nitrogen functional groups attached to an aromatic ring is 1. The molecule has 7 heteroatoms. The first-order chi connectivity index (χ1) is 11.1. The van der Waals surface area contributed by atoms with E-state index in [1.807, 2.05) is 4.90 Å². The molecule has 3 rings (SSSR count). The minimum Gasteiger partial charge on any atom is -0.383 e. The van der Waals surface area contributed by atoms with Gasteiger partial charge in [0.15, 0.2) is 0 Å². The van der Waals surface area contributed by atoms with Crippen molar-refractivity contribution in [2.75, 3.05) is 25.4 Å². The second-order valence-electron chi connectivity index (χ2n) is 6.13. The highest BCUT2D eigenvalue weighted by Crippen LogP contribution is 2.29. The van der Waals surface area contributed by atoms with E-state index in [-0.39, 0.29) is 29.3 Å². The Hall–Kier alpha value is -2.15. The lowest BCUT2D eigenvalue weighted by atomic mass is 9.92. The highest BCUT2D eigenvalue weighted by atomic mass is 16.5. The van der Waals surface area contributed by atoms with Gasteiger partial charge in [-0.25, -0.2) is 4.98 Å². The predicted octanol–water partition coefficient (Wildman–Crippen LogP) is 0.648. The molecule has 1 aromatic heterocycles. The lowest BCUT2D eigenvalue weighted by molar-refractivity contribution is -0.142. The molecular weight excluding hydrogens is 296 g/mol. The van der Waals surface area contributed by atoms with E-state index in [9.17, 15) is 9.59 Å². The maximum atomic E-state index is 12.3. The van der Waals surface area contributed by atoms with Crippen LogP contribution in [0.25, 0.3) is 0 Å². The van der Waals surface area contributed by atoms with Crippen LogP contribution < -0.4 is 11.5 Å². The van der Waals surface area contributed by atoms with E-state index < -0.39 is 5.91 Å². The number of carbonyl (C=O) groups excluding carboxylic acids is 2. The molecule has 2 saturated heterocycles. The zero-order chi connectivity index (χ0) is 16.4. The summed E-state index contributed by atoms with van der Waals surface area (Å²) in [6, 6.07) is 3.43. The van der Waals surface area contributed by atoms with Gasteiger partial charge in [-0.2, -0.15) is 0 Å². The molecule has 2 fully saturated rings. The number of hydrogen-bond donors (Lipinski definition) is 2. The Kier molecular flexibility index (Phi) is 4.47. The smallest absolute Gasteiger partial charge is 0.252 e. The number of ether oxygens (including phenoxy) is 1. The van der Waals surface area contributed by atoms with Crippen molar-refractivity contribution in [3.63, 3.8) is 0 Å². The summed E-state index contributed by atoms with van der Waals surface area (Å²) in [5.41, 5.74) is 12.1. The Morgan fingerprint density at radius 1 is 1.22 bits per heavy atom. The van der Waals surface area contributed by atoms with E-state index in [0.29, 0.717) is 19.7 Å². The SMILES string of the molecule is NC(=O)c1ccc(C2CCN(C(=O)[C@@H]3CCCO3)CC2)nc1N. The number of anilines is 1. The molecule has 2 amide bonds. The largest absolute Gasteiger partial charge is 0.383 e. The van der Waals surface area contributed by atoms with Gasteiger partial charge in [0.05, 0.1) is 5.56 Å². The van der Waals surface area contributed by atoms with Gasteiger partial charge in [-0.05, 0) is 37.8 Å². The molecule has 0 saturated carbocycles. The van der Waals surface area contributed by atoms with Gasteiger partial charge in [-0.1, -0.05) is 0 Å². The fraction of sp³-hybridized carbons (Fsp3) is 0.562. The fourth-order valence-electron chi connectivity index (χ4n) is 3.30. The van der Waals surface area contributed by atoms with Crippen molar-refractivity contribution in [2.24, 2.45) is 5.73 Å². The third kappa shape index (κ3) is 3.29. The normalized spacial score (nSPS) is 22.3. The summed E-state index contributed by atoms with van der Waals surface area (Å²) in [5.74, 6) is -0.0448. The van der Waals surface area contributed by atoms with Crippen molar-refractivity contribution in [2.45, 2.75) is 37.7 Å². The summed E-state index contributed by atoms with van der Waals surface area (Å²) < 4.78 is 5.47. The molecule has 3 heterocycles. The summed E-state index contributed by atoms with van der Waals surface area (Å²) in [6.45, 7) is 2.08. The Morgan fingerprint density at radius 2 is 1.96 bits per heavy atom. The number of rotatable bonds is 3. The Bertz CT molecular complexity index is 605. The van der Waals surface area contributed by atoms with E-state index in [0.717, 1.165) is 31.4 Å². The molecule has 0 aliphatic carbocycles. The van der Waals surface area contributed by atoms with Crippen molar-refractivity contribution in [3.05, 3.63) is 23.4 Å². The summed E-state index contributed by atoms with van der Waals surface area (Å²) in [7, 11) is 0. The van der Waals surface area contributed by atoms with Gasteiger partial charge < -0.3 is 21.1 Å². The van der Waals surface area contributed by atoms with Crippen molar-refractivity contribution < 1.29 is 14.3 Å². The zero-order valence-electron chi connectivity index (χ0n) is 13.0. The van der Waals surface area contributed by atoms with Crippen LogP contribution >= 0.6 is 0 Å². The first-order valence-corrected chi connectivity index (χ1v) is 8.03. The average molecular weight is 318 g/mol. The number of nitrogens with zero attached hydrogens (tertiary/aromatic N) is 2. The Balaban J connectivity index is 1.61. The number of piperidine rings is 1. The number of hydrogen-bond acceptors (Lipinski definition) is 5. The second kappa shape index (κ2) is 6.54. The molecule has 0 spiro atoms. The summed E-state index contributed by atoms with van der Waals surface area (Å²) >= 11 is 0. The van der Waals surface area contributed by atoms with Crippen molar-refractivity contribution in [1.29, 1.82) is 0 Å². The molecule has 2 aliphatic rings. The van der Waals surface area contributed by atoms with Crippen LogP contribution in [-0.4, -0.2) is 47.5 Å². The van der Waals surface area contributed by atoms with Gasteiger partial charge >= 0.3 is 0 Å². The highest BCUT2D eigenvalue weighted by Gasteiger charge is 2.31. The minimum atomic E-state index is -0.571. The number of aromatic nitrogens is 1. The number of pyridine rings is 1. The maximum Gasteiger partial charge on any atom is 0.252 e. The molecule has 4 N–H and O–H groups in total. The summed E-state index contributed by atoms with van der Waals surface area (Å²) in [6.07, 6.45) is 3.20. The number of carbonyl (C=O) groups is 2. The van der Waals surface area contributed by atoms with Gasteiger partial charge in [-0.15, -0.1) is 0 Å². The maximum absolute atomic E-state index is 12.3. The van der Waals surface area contributed by atoms with E-state index in [2.05, 4.69) is 4.98 Å². The summed E-state index contributed by atoms with van der Waals surface area (Å²) in [4.78, 5) is 29.7. The molecule has 0 radical (unpaired) electrons. The third-order valence-electron chi connectivity index (χ3n) is 4.64. The van der Waals surface area contributed by atoms with Gasteiger partial charge in [0, 0.05) is 31.3 Å². The van der Waals surface area contributed by atoms with Crippen LogP contribution in [0.4, 0.5) is 5.82 Å². The molecule has 124 valence electrons. The Labute approximate surface area is 135 Å². The van der Waals surface area contributed by atoms with E-state index in [1.165, 1.54) is 0 Å². The molecule has 0 aromatic carbocycles. The third-order valence-corrected chi connectivity index (χ3v) is 4.64. The quantitative estimate of drug-likeness (QED) is 0.850. The molecular formula is C16H22N4O3. The molecule has 23 heavy (non-hydrogen) atoms. The van der Waals surface area contributed by atoms with Crippen molar-refractivity contribution in [1.82, 2.24) is 9.88 Å². The first kappa shape index (κ1) is 15.7. The fourth-order valence-corrected chi connectivity index (χ4v) is 3.30. The van der Waals surface area contributed by atoms with E-state index in [4.69, 9.17) is 16.2 Å². The number of amides is 2. The number of likely N-dealkylation sites (tertiary alicyclic amines) is 1. The van der Waals surface area contributed by atoms with Crippen LogP contribution in [0, 0.1) is 0 Å². The van der Waals surface area contributed by atoms with Crippen LogP contribution in [0.2, 0.25) is 0 Å². The predicted molar refractivity (Wildman–Crippen MR) is 84.7 cm³/mol. The van der Waals surface area contributed by atoms with Crippen LogP contribution in [0.1, 0.15) is 47.7 Å². The Morgan fingerprint density at radius 3 is 2.52 bits per heavy atom. The van der Waals surface area contributed by atoms with Crippen LogP contribution in [0.5, 0.6) is 0 Å². The monoisotopic (exact) mass is 318 g/mol. The molecule has 1 aromatic rings. The molecule has 2 aliphatic heterocycles. The molecule has 1 atom stereocenters. The number of primary amides is 1. The van der Waals surface area contributed by atoms with Crippen LogP contribution in [0.15, 0.2) is 12.1 Å². The lowest BCUT2D eigenvalue weighted by Crippen LogP contribution is -2.43. The van der Waals surface area contributed by atoms with Crippen molar-refractivity contribution in [3.8, 4) is 0 Å². The summed E-state index contributed by atoms with van der Waals surface area (Å²) in [5, 5.41) is 0. The standard InChI is InChI=1S/C16H22N4O3/c17-14-11(15(18)21)3-4-12(19-14)10-5-7-20(8-6-10)16(22)13-2-1-9-23-13/h3-4,10,13H,1-2,5-9H2,(H2,17,19)(H2,18,21)/t13-/m0/s1. The topological polar surface area (TPSA) is 112 Å². The number of nitrogens with two attached hydrogens (primary N) is 2. The molecule has 7 nitrogen and oxygen atoms in total. The molecule has 0 bridgehead atoms.